The molecule has 4 heteroatoms. The summed E-state index contributed by atoms with van der Waals surface area (Å²) in [5, 5.41) is 10.5. The molecule has 1 aliphatic carbocycles. The molecule has 1 aromatic carbocycles. The van der Waals surface area contributed by atoms with Gasteiger partial charge < -0.3 is 9.84 Å². The van der Waals surface area contributed by atoms with Crippen molar-refractivity contribution >= 4 is 0 Å². The molecule has 0 bridgehead atoms. The molecule has 1 saturated carbocycles. The van der Waals surface area contributed by atoms with Crippen molar-refractivity contribution in [2.75, 3.05) is 0 Å². The van der Waals surface area contributed by atoms with Crippen LogP contribution in [0.25, 0.3) is 0 Å². The second-order valence-corrected chi connectivity index (χ2v) is 7.28. The van der Waals surface area contributed by atoms with Crippen molar-refractivity contribution in [1.29, 1.82) is 0 Å². The zero-order valence-electron chi connectivity index (χ0n) is 13.9. The minimum Gasteiger partial charge on any atom is -0.508 e. The van der Waals surface area contributed by atoms with E-state index in [1.165, 1.54) is 0 Å². The molecule has 1 aromatic rings. The summed E-state index contributed by atoms with van der Waals surface area (Å²) in [4.78, 5) is 0. The fourth-order valence-corrected chi connectivity index (χ4v) is 4.17. The Balaban J connectivity index is 1.94. The number of unbranched alkanes of at least 4 members (excludes halogenated alkanes) is 2. The maximum atomic E-state index is 14.4. The first kappa shape index (κ1) is 16.5. The van der Waals surface area contributed by atoms with Crippen LogP contribution >= 0.6 is 0 Å². The molecule has 0 amide bonds. The molecule has 1 aliphatic heterocycles. The molecule has 0 aromatic heterocycles. The summed E-state index contributed by atoms with van der Waals surface area (Å²) >= 11 is 0. The number of halogens is 2. The van der Waals surface area contributed by atoms with Crippen molar-refractivity contribution in [3.8, 4) is 11.5 Å². The van der Waals surface area contributed by atoms with Crippen LogP contribution in [0.2, 0.25) is 0 Å². The summed E-state index contributed by atoms with van der Waals surface area (Å²) < 4.78 is 33.9. The lowest BCUT2D eigenvalue weighted by atomic mass is 9.69. The Morgan fingerprint density at radius 1 is 1.26 bits per heavy atom. The molecule has 3 atom stereocenters. The lowest BCUT2D eigenvalue weighted by molar-refractivity contribution is -0.237. The number of ether oxygens (including phenoxy) is 1. The quantitative estimate of drug-likeness (QED) is 0.727. The first-order chi connectivity index (χ1) is 10.9. The Hall–Kier alpha value is -1.32. The highest BCUT2D eigenvalue weighted by Crippen LogP contribution is 2.56. The number of aromatic hydroxyl groups is 1. The number of aryl methyl sites for hydroxylation is 1. The fourth-order valence-electron chi connectivity index (χ4n) is 4.17. The van der Waals surface area contributed by atoms with Crippen molar-refractivity contribution in [3.63, 3.8) is 0 Å². The summed E-state index contributed by atoms with van der Waals surface area (Å²) in [6, 6.07) is 3.46. The van der Waals surface area contributed by atoms with E-state index >= 15 is 0 Å². The lowest BCUT2D eigenvalue weighted by Crippen LogP contribution is -2.44. The van der Waals surface area contributed by atoms with E-state index in [2.05, 4.69) is 13.8 Å². The number of phenolic OH excluding ortho intramolecular Hbond substituents is 1. The number of alkyl halides is 2. The van der Waals surface area contributed by atoms with Gasteiger partial charge in [0, 0.05) is 11.5 Å². The van der Waals surface area contributed by atoms with Gasteiger partial charge in [-0.1, -0.05) is 33.1 Å². The number of fused-ring (bicyclic) bond motifs is 3. The van der Waals surface area contributed by atoms with E-state index in [0.717, 1.165) is 37.7 Å². The van der Waals surface area contributed by atoms with Crippen LogP contribution in [0.3, 0.4) is 0 Å². The maximum Gasteiger partial charge on any atom is 0.401 e. The van der Waals surface area contributed by atoms with Crippen LogP contribution in [0, 0.1) is 11.8 Å². The topological polar surface area (TPSA) is 29.5 Å². The van der Waals surface area contributed by atoms with E-state index in [1.54, 1.807) is 12.1 Å². The highest BCUT2D eigenvalue weighted by molar-refractivity contribution is 5.51. The van der Waals surface area contributed by atoms with Crippen LogP contribution in [0.5, 0.6) is 11.5 Å². The predicted molar refractivity (Wildman–Crippen MR) is 86.2 cm³/mol. The molecule has 0 radical (unpaired) electrons. The van der Waals surface area contributed by atoms with Crippen LogP contribution in [-0.4, -0.2) is 11.2 Å². The minimum absolute atomic E-state index is 0.133. The van der Waals surface area contributed by atoms with E-state index in [-0.39, 0.29) is 17.4 Å². The van der Waals surface area contributed by atoms with Gasteiger partial charge in [0.05, 0.1) is 5.92 Å². The molecule has 128 valence electrons. The highest BCUT2D eigenvalue weighted by atomic mass is 19.3. The SMILES string of the molecule is CCCCCc1cc(O)c2c(c1)OC(F)(F)C1CCC(C)CC21. The first-order valence-electron chi connectivity index (χ1n) is 8.85. The Labute approximate surface area is 136 Å². The van der Waals surface area contributed by atoms with E-state index in [9.17, 15) is 13.9 Å². The van der Waals surface area contributed by atoms with Crippen molar-refractivity contribution in [1.82, 2.24) is 0 Å². The number of benzene rings is 1. The van der Waals surface area contributed by atoms with Gasteiger partial charge in [-0.3, -0.25) is 0 Å². The molecule has 2 nitrogen and oxygen atoms in total. The Bertz CT molecular complexity index is 571. The summed E-state index contributed by atoms with van der Waals surface area (Å²) in [5.41, 5.74) is 1.49. The van der Waals surface area contributed by atoms with Gasteiger partial charge in [0.25, 0.3) is 0 Å². The monoisotopic (exact) mass is 324 g/mol. The second-order valence-electron chi connectivity index (χ2n) is 7.28. The summed E-state index contributed by atoms with van der Waals surface area (Å²) in [7, 11) is 0. The van der Waals surface area contributed by atoms with Crippen LogP contribution in [0.4, 0.5) is 8.78 Å². The molecule has 2 aliphatic rings. The number of rotatable bonds is 4. The Morgan fingerprint density at radius 2 is 2.04 bits per heavy atom. The van der Waals surface area contributed by atoms with Crippen molar-refractivity contribution in [3.05, 3.63) is 23.3 Å². The van der Waals surface area contributed by atoms with E-state index in [0.29, 0.717) is 24.3 Å². The molecule has 1 N–H and O–H groups in total. The van der Waals surface area contributed by atoms with Gasteiger partial charge in [0.15, 0.2) is 0 Å². The van der Waals surface area contributed by atoms with Crippen LogP contribution in [0.1, 0.15) is 69.4 Å². The number of hydrogen-bond acceptors (Lipinski definition) is 2. The molecular weight excluding hydrogens is 298 g/mol. The third kappa shape index (κ3) is 3.17. The fraction of sp³-hybridized carbons (Fsp3) is 0.684. The predicted octanol–water partition coefficient (Wildman–Crippen LogP) is 5.63. The third-order valence-corrected chi connectivity index (χ3v) is 5.41. The molecular formula is C19H26F2O2. The maximum absolute atomic E-state index is 14.4. The average molecular weight is 324 g/mol. The van der Waals surface area contributed by atoms with Crippen molar-refractivity contribution in [2.24, 2.45) is 11.8 Å². The molecule has 1 fully saturated rings. The van der Waals surface area contributed by atoms with Gasteiger partial charge >= 0.3 is 6.11 Å². The lowest BCUT2D eigenvalue weighted by Gasteiger charge is -2.43. The van der Waals surface area contributed by atoms with Gasteiger partial charge in [-0.2, -0.15) is 8.78 Å². The summed E-state index contributed by atoms with van der Waals surface area (Å²) in [6.07, 6.45) is 2.79. The summed E-state index contributed by atoms with van der Waals surface area (Å²) in [6.45, 7) is 4.22. The Kier molecular flexibility index (Phi) is 4.52. The molecule has 3 rings (SSSR count). The minimum atomic E-state index is -3.13. The van der Waals surface area contributed by atoms with Crippen LogP contribution < -0.4 is 4.74 Å². The zero-order chi connectivity index (χ0) is 16.6. The summed E-state index contributed by atoms with van der Waals surface area (Å²) in [5.74, 6) is -0.391. The molecule has 0 saturated heterocycles. The molecule has 3 unspecified atom stereocenters. The molecule has 0 spiro atoms. The molecule has 1 heterocycles. The van der Waals surface area contributed by atoms with Gasteiger partial charge in [0.2, 0.25) is 0 Å². The number of hydrogen-bond donors (Lipinski definition) is 1. The zero-order valence-corrected chi connectivity index (χ0v) is 13.9. The normalized spacial score (nSPS) is 28.6. The largest absolute Gasteiger partial charge is 0.508 e. The van der Waals surface area contributed by atoms with Crippen molar-refractivity contribution in [2.45, 2.75) is 70.8 Å². The van der Waals surface area contributed by atoms with Crippen molar-refractivity contribution < 1.29 is 18.6 Å². The number of phenols is 1. The smallest absolute Gasteiger partial charge is 0.401 e. The second kappa shape index (κ2) is 6.29. The van der Waals surface area contributed by atoms with Gasteiger partial charge in [-0.15, -0.1) is 0 Å². The van der Waals surface area contributed by atoms with Gasteiger partial charge in [-0.05, 0) is 49.3 Å². The first-order valence-corrected chi connectivity index (χ1v) is 8.85. The van der Waals surface area contributed by atoms with Crippen LogP contribution in [-0.2, 0) is 6.42 Å². The highest BCUT2D eigenvalue weighted by Gasteiger charge is 2.53. The van der Waals surface area contributed by atoms with Gasteiger partial charge in [-0.25, -0.2) is 0 Å². The van der Waals surface area contributed by atoms with E-state index in [4.69, 9.17) is 4.74 Å². The van der Waals surface area contributed by atoms with E-state index < -0.39 is 12.0 Å². The standard InChI is InChI=1S/C19H26F2O2/c1-3-4-5-6-13-10-16(22)18-14-9-12(2)7-8-15(14)19(20,21)23-17(18)11-13/h10-12,14-15,22H,3-9H2,1-2H3. The molecule has 23 heavy (non-hydrogen) atoms. The average Bonchev–Trinajstić information content (AvgIpc) is 2.46. The van der Waals surface area contributed by atoms with E-state index in [1.807, 2.05) is 0 Å². The van der Waals surface area contributed by atoms with Gasteiger partial charge in [0.1, 0.15) is 11.5 Å². The van der Waals surface area contributed by atoms with Crippen LogP contribution in [0.15, 0.2) is 12.1 Å². The Morgan fingerprint density at radius 3 is 2.78 bits per heavy atom. The third-order valence-electron chi connectivity index (χ3n) is 5.41.